The quantitative estimate of drug-likeness (QED) is 0.794. The van der Waals surface area contributed by atoms with E-state index in [-0.39, 0.29) is 0 Å². The number of aryl methyl sites for hydroxylation is 2. The fourth-order valence-electron chi connectivity index (χ4n) is 2.23. The minimum atomic E-state index is 0.299. The second-order valence-corrected chi connectivity index (χ2v) is 4.49. The van der Waals surface area contributed by atoms with Crippen molar-refractivity contribution in [2.45, 2.75) is 32.4 Å². The van der Waals surface area contributed by atoms with E-state index in [2.05, 4.69) is 25.4 Å². The highest BCUT2D eigenvalue weighted by molar-refractivity contribution is 5.41. The number of nitrogens with one attached hydrogen (secondary N) is 1. The van der Waals surface area contributed by atoms with Crippen molar-refractivity contribution in [1.82, 2.24) is 24.7 Å². The van der Waals surface area contributed by atoms with Gasteiger partial charge >= 0.3 is 0 Å². The molecule has 0 saturated heterocycles. The Morgan fingerprint density at radius 1 is 1.44 bits per heavy atom. The number of anilines is 2. The third kappa shape index (κ3) is 2.11. The Morgan fingerprint density at radius 3 is 3.17 bits per heavy atom. The molecule has 0 fully saturated rings. The Bertz CT molecular complexity index is 542. The zero-order valence-electron chi connectivity index (χ0n) is 10.2. The summed E-state index contributed by atoms with van der Waals surface area (Å²) in [6, 6.07) is 2.20. The predicted molar refractivity (Wildman–Crippen MR) is 66.9 cm³/mol. The molecule has 2 aromatic heterocycles. The van der Waals surface area contributed by atoms with Crippen molar-refractivity contribution in [3.8, 4) is 0 Å². The summed E-state index contributed by atoms with van der Waals surface area (Å²) in [4.78, 5) is 12.4. The lowest BCUT2D eigenvalue weighted by atomic mass is 10.1. The van der Waals surface area contributed by atoms with Gasteiger partial charge in [-0.2, -0.15) is 10.1 Å². The summed E-state index contributed by atoms with van der Waals surface area (Å²) < 4.78 is 1.93. The second kappa shape index (κ2) is 4.25. The van der Waals surface area contributed by atoms with E-state index in [4.69, 9.17) is 5.73 Å². The number of aromatic nitrogens is 5. The van der Waals surface area contributed by atoms with Gasteiger partial charge in [0.15, 0.2) is 0 Å². The maximum absolute atomic E-state index is 5.63. The lowest BCUT2D eigenvalue weighted by Crippen LogP contribution is -2.32. The maximum Gasteiger partial charge on any atom is 0.222 e. The second-order valence-electron chi connectivity index (χ2n) is 4.49. The number of nitrogen functional groups attached to an aromatic ring is 1. The van der Waals surface area contributed by atoms with Crippen LogP contribution in [0.3, 0.4) is 0 Å². The fourth-order valence-corrected chi connectivity index (χ4v) is 2.23. The highest BCUT2D eigenvalue weighted by atomic mass is 15.3. The minimum Gasteiger partial charge on any atom is -0.368 e. The molecule has 0 radical (unpaired) electrons. The van der Waals surface area contributed by atoms with Gasteiger partial charge in [-0.15, -0.1) is 0 Å². The first-order valence-corrected chi connectivity index (χ1v) is 5.95. The molecule has 2 aromatic rings. The molecule has 0 aromatic carbocycles. The van der Waals surface area contributed by atoms with Crippen molar-refractivity contribution < 1.29 is 0 Å². The van der Waals surface area contributed by atoms with E-state index in [1.807, 2.05) is 17.7 Å². The van der Waals surface area contributed by atoms with Gasteiger partial charge in [-0.1, -0.05) is 0 Å². The summed E-state index contributed by atoms with van der Waals surface area (Å²) in [6.07, 6.45) is 3.55. The monoisotopic (exact) mass is 245 g/mol. The summed E-state index contributed by atoms with van der Waals surface area (Å²) in [5, 5.41) is 7.57. The third-order valence-electron chi connectivity index (χ3n) is 3.03. The molecule has 1 aliphatic rings. The summed E-state index contributed by atoms with van der Waals surface area (Å²) in [5.41, 5.74) is 6.50. The van der Waals surface area contributed by atoms with Crippen LogP contribution in [0.2, 0.25) is 0 Å². The molecule has 0 bridgehead atoms. The molecule has 1 aliphatic heterocycles. The van der Waals surface area contributed by atoms with Crippen LogP contribution in [0.4, 0.5) is 11.8 Å². The summed E-state index contributed by atoms with van der Waals surface area (Å²) >= 11 is 0. The van der Waals surface area contributed by atoms with Crippen molar-refractivity contribution in [3.63, 3.8) is 0 Å². The molecule has 3 heterocycles. The van der Waals surface area contributed by atoms with E-state index in [1.54, 1.807) is 6.33 Å². The summed E-state index contributed by atoms with van der Waals surface area (Å²) in [5.74, 6) is 2.12. The van der Waals surface area contributed by atoms with E-state index in [0.29, 0.717) is 12.0 Å². The topological polar surface area (TPSA) is 94.5 Å². The first-order valence-electron chi connectivity index (χ1n) is 5.95. The molecule has 18 heavy (non-hydrogen) atoms. The summed E-state index contributed by atoms with van der Waals surface area (Å²) in [6.45, 7) is 2.71. The van der Waals surface area contributed by atoms with Crippen LogP contribution >= 0.6 is 0 Å². The Morgan fingerprint density at radius 2 is 2.33 bits per heavy atom. The standard InChI is InChI=1S/C11H15N7/c1-7-4-9(17-11(12)15-7)16-8-2-3-10-13-6-14-18(10)5-8/h4,6,8H,2-3,5H2,1H3,(H3,12,15,16,17)/t8-/m1/s1. The fraction of sp³-hybridized carbons (Fsp3) is 0.455. The average Bonchev–Trinajstić information content (AvgIpc) is 2.74. The lowest BCUT2D eigenvalue weighted by Gasteiger charge is -2.24. The van der Waals surface area contributed by atoms with Gasteiger partial charge in [0.25, 0.3) is 0 Å². The van der Waals surface area contributed by atoms with Crippen molar-refractivity contribution in [2.75, 3.05) is 11.1 Å². The van der Waals surface area contributed by atoms with Crippen molar-refractivity contribution >= 4 is 11.8 Å². The Kier molecular flexibility index (Phi) is 2.58. The van der Waals surface area contributed by atoms with Crippen molar-refractivity contribution in [2.24, 2.45) is 0 Å². The predicted octanol–water partition coefficient (Wildman–Crippen LogP) is 0.386. The molecule has 3 rings (SSSR count). The SMILES string of the molecule is Cc1cc(N[C@@H]2CCc3ncnn3C2)nc(N)n1. The smallest absolute Gasteiger partial charge is 0.222 e. The maximum atomic E-state index is 5.63. The van der Waals surface area contributed by atoms with Crippen LogP contribution < -0.4 is 11.1 Å². The number of nitrogens with two attached hydrogens (primary N) is 1. The van der Waals surface area contributed by atoms with Crippen LogP contribution in [-0.2, 0) is 13.0 Å². The normalized spacial score (nSPS) is 18.4. The van der Waals surface area contributed by atoms with Crippen molar-refractivity contribution in [1.29, 1.82) is 0 Å². The van der Waals surface area contributed by atoms with E-state index in [9.17, 15) is 0 Å². The molecule has 1 atom stereocenters. The molecule has 0 spiro atoms. The molecule has 3 N–H and O–H groups in total. The van der Waals surface area contributed by atoms with Crippen LogP contribution in [0.5, 0.6) is 0 Å². The molecule has 0 amide bonds. The Hall–Kier alpha value is -2.18. The first-order chi connectivity index (χ1) is 8.70. The van der Waals surface area contributed by atoms with Gasteiger partial charge < -0.3 is 11.1 Å². The average molecular weight is 245 g/mol. The lowest BCUT2D eigenvalue weighted by molar-refractivity contribution is 0.440. The summed E-state index contributed by atoms with van der Waals surface area (Å²) in [7, 11) is 0. The van der Waals surface area contributed by atoms with Gasteiger partial charge in [-0.3, -0.25) is 0 Å². The molecular weight excluding hydrogens is 230 g/mol. The molecule has 7 nitrogen and oxygen atoms in total. The van der Waals surface area contributed by atoms with Gasteiger partial charge in [0.2, 0.25) is 5.95 Å². The molecule has 7 heteroatoms. The molecule has 94 valence electrons. The number of rotatable bonds is 2. The highest BCUT2D eigenvalue weighted by Gasteiger charge is 2.19. The Balaban J connectivity index is 1.74. The molecule has 0 saturated carbocycles. The van der Waals surface area contributed by atoms with E-state index >= 15 is 0 Å². The van der Waals surface area contributed by atoms with Crippen LogP contribution in [0.25, 0.3) is 0 Å². The zero-order valence-corrected chi connectivity index (χ0v) is 10.2. The number of hydrogen-bond donors (Lipinski definition) is 2. The van der Waals surface area contributed by atoms with Gasteiger partial charge in [0, 0.05) is 24.2 Å². The van der Waals surface area contributed by atoms with Gasteiger partial charge in [0.1, 0.15) is 18.0 Å². The largest absolute Gasteiger partial charge is 0.368 e. The molecular formula is C11H15N7. The zero-order chi connectivity index (χ0) is 12.5. The van der Waals surface area contributed by atoms with E-state index in [0.717, 1.165) is 36.7 Å². The number of nitrogens with zero attached hydrogens (tertiary/aromatic N) is 5. The highest BCUT2D eigenvalue weighted by Crippen LogP contribution is 2.16. The molecule has 0 unspecified atom stereocenters. The minimum absolute atomic E-state index is 0.299. The van der Waals surface area contributed by atoms with Gasteiger partial charge in [-0.05, 0) is 13.3 Å². The number of hydrogen-bond acceptors (Lipinski definition) is 6. The third-order valence-corrected chi connectivity index (χ3v) is 3.03. The van der Waals surface area contributed by atoms with E-state index < -0.39 is 0 Å². The first kappa shape index (κ1) is 10.9. The van der Waals surface area contributed by atoms with Gasteiger partial charge in [-0.25, -0.2) is 14.6 Å². The van der Waals surface area contributed by atoms with Crippen LogP contribution in [0.1, 0.15) is 17.9 Å². The van der Waals surface area contributed by atoms with Gasteiger partial charge in [0.05, 0.1) is 6.54 Å². The van der Waals surface area contributed by atoms with E-state index in [1.165, 1.54) is 0 Å². The van der Waals surface area contributed by atoms with Crippen LogP contribution in [0, 0.1) is 6.92 Å². The van der Waals surface area contributed by atoms with Crippen LogP contribution in [0.15, 0.2) is 12.4 Å². The van der Waals surface area contributed by atoms with Crippen molar-refractivity contribution in [3.05, 3.63) is 23.9 Å². The number of fused-ring (bicyclic) bond motifs is 1. The Labute approximate surface area is 104 Å². The molecule has 0 aliphatic carbocycles. The van der Waals surface area contributed by atoms with Crippen LogP contribution in [-0.4, -0.2) is 30.8 Å².